The van der Waals surface area contributed by atoms with Crippen molar-refractivity contribution in [2.45, 2.75) is 24.5 Å². The fraction of sp³-hybridized carbons (Fsp3) is 0.174. The summed E-state index contributed by atoms with van der Waals surface area (Å²) in [6, 6.07) is 30.0. The molecule has 1 saturated heterocycles. The molecule has 1 N–H and O–H groups in total. The summed E-state index contributed by atoms with van der Waals surface area (Å²) < 4.78 is 0. The quantitative estimate of drug-likeness (QED) is 0.559. The van der Waals surface area contributed by atoms with Crippen molar-refractivity contribution in [2.24, 2.45) is 0 Å². The van der Waals surface area contributed by atoms with E-state index in [-0.39, 0.29) is 6.04 Å². The van der Waals surface area contributed by atoms with Crippen LogP contribution >= 0.6 is 0 Å². The molecule has 130 valence electrons. The van der Waals surface area contributed by atoms with Crippen LogP contribution in [0.15, 0.2) is 91.0 Å². The van der Waals surface area contributed by atoms with E-state index in [2.05, 4.69) is 41.3 Å². The van der Waals surface area contributed by atoms with Gasteiger partial charge in [-0.2, -0.15) is 0 Å². The van der Waals surface area contributed by atoms with Crippen LogP contribution in [-0.2, 0) is 10.3 Å². The van der Waals surface area contributed by atoms with E-state index < -0.39 is 17.6 Å². The predicted octanol–water partition coefficient (Wildman–Crippen LogP) is 4.14. The lowest BCUT2D eigenvalue weighted by atomic mass is 9.76. The first-order valence-electron chi connectivity index (χ1n) is 8.85. The number of rotatable bonds is 5. The Morgan fingerprint density at radius 1 is 0.769 bits per heavy atom. The fourth-order valence-electron chi connectivity index (χ4n) is 4.17. The highest BCUT2D eigenvalue weighted by atomic mass is 16.4. The Morgan fingerprint density at radius 2 is 1.12 bits per heavy atom. The fourth-order valence-corrected chi connectivity index (χ4v) is 4.17. The topological polar surface area (TPSA) is 40.3 Å². The molecule has 0 bridgehead atoms. The standard InChI is InChI=1S/C23H21NO2/c1-17-21(22(25)26)24(17)23(18-11-5-2-6-12-18,19-13-7-3-8-14-19)20-15-9-4-10-16-20/h2-17,21H,1H3,(H,25,26)/t17-,21?,24?/m0/s1. The second kappa shape index (κ2) is 6.43. The van der Waals surface area contributed by atoms with Crippen LogP contribution < -0.4 is 0 Å². The predicted molar refractivity (Wildman–Crippen MR) is 102 cm³/mol. The van der Waals surface area contributed by atoms with E-state index in [4.69, 9.17) is 0 Å². The van der Waals surface area contributed by atoms with Crippen molar-refractivity contribution in [1.29, 1.82) is 0 Å². The molecule has 3 nitrogen and oxygen atoms in total. The molecule has 0 amide bonds. The Hall–Kier alpha value is -2.91. The maximum atomic E-state index is 11.9. The van der Waals surface area contributed by atoms with Gasteiger partial charge in [0, 0.05) is 6.04 Å². The average molecular weight is 343 g/mol. The molecular weight excluding hydrogens is 322 g/mol. The number of nitrogens with zero attached hydrogens (tertiary/aromatic N) is 1. The molecule has 0 aliphatic carbocycles. The van der Waals surface area contributed by atoms with Gasteiger partial charge in [-0.25, -0.2) is 0 Å². The minimum atomic E-state index is -0.773. The highest BCUT2D eigenvalue weighted by Crippen LogP contribution is 2.51. The number of carboxylic acids is 1. The van der Waals surface area contributed by atoms with Crippen molar-refractivity contribution >= 4 is 5.97 Å². The second-order valence-corrected chi connectivity index (χ2v) is 6.74. The molecule has 1 heterocycles. The first-order valence-corrected chi connectivity index (χ1v) is 8.85. The zero-order chi connectivity index (χ0) is 18.1. The third kappa shape index (κ3) is 2.44. The molecule has 0 saturated carbocycles. The molecule has 3 atom stereocenters. The monoisotopic (exact) mass is 343 g/mol. The van der Waals surface area contributed by atoms with Gasteiger partial charge < -0.3 is 5.11 Å². The first kappa shape index (κ1) is 16.6. The summed E-state index contributed by atoms with van der Waals surface area (Å²) in [6.45, 7) is 1.99. The number of hydrogen-bond donors (Lipinski definition) is 1. The molecular formula is C23H21NO2. The summed E-state index contributed by atoms with van der Waals surface area (Å²) in [7, 11) is 0. The van der Waals surface area contributed by atoms with E-state index in [1.54, 1.807) is 0 Å². The molecule has 3 heteroatoms. The molecule has 3 aromatic carbocycles. The van der Waals surface area contributed by atoms with Crippen molar-refractivity contribution in [1.82, 2.24) is 4.90 Å². The molecule has 0 spiro atoms. The SMILES string of the molecule is C[C@H]1C(C(=O)O)N1C(c1ccccc1)(c1ccccc1)c1ccccc1. The summed E-state index contributed by atoms with van der Waals surface area (Å²) in [5, 5.41) is 9.76. The highest BCUT2D eigenvalue weighted by molar-refractivity contribution is 5.79. The lowest BCUT2D eigenvalue weighted by molar-refractivity contribution is -0.137. The van der Waals surface area contributed by atoms with Gasteiger partial charge in [-0.3, -0.25) is 9.69 Å². The van der Waals surface area contributed by atoms with Crippen LogP contribution in [0.1, 0.15) is 23.6 Å². The highest BCUT2D eigenvalue weighted by Gasteiger charge is 2.61. The van der Waals surface area contributed by atoms with Crippen LogP contribution in [0.3, 0.4) is 0 Å². The molecule has 2 unspecified atom stereocenters. The zero-order valence-electron chi connectivity index (χ0n) is 14.6. The maximum Gasteiger partial charge on any atom is 0.322 e. The molecule has 26 heavy (non-hydrogen) atoms. The minimum absolute atomic E-state index is 0.0480. The normalized spacial score (nSPS) is 22.0. The summed E-state index contributed by atoms with van der Waals surface area (Å²) in [4.78, 5) is 14.0. The third-order valence-corrected chi connectivity index (χ3v) is 5.32. The molecule has 1 aliphatic rings. The van der Waals surface area contributed by atoms with Crippen LogP contribution in [0.5, 0.6) is 0 Å². The number of aliphatic carboxylic acids is 1. The van der Waals surface area contributed by atoms with Crippen LogP contribution in [0.4, 0.5) is 0 Å². The zero-order valence-corrected chi connectivity index (χ0v) is 14.6. The van der Waals surface area contributed by atoms with Gasteiger partial charge in [0.1, 0.15) is 6.04 Å². The number of carboxylic acid groups (broad SMARTS) is 1. The summed E-state index contributed by atoms with van der Waals surface area (Å²) in [5.41, 5.74) is 2.60. The molecule has 4 rings (SSSR count). The van der Waals surface area contributed by atoms with E-state index in [0.717, 1.165) is 16.7 Å². The van der Waals surface area contributed by atoms with Gasteiger partial charge in [0.25, 0.3) is 0 Å². The van der Waals surface area contributed by atoms with E-state index >= 15 is 0 Å². The van der Waals surface area contributed by atoms with Crippen molar-refractivity contribution in [2.75, 3.05) is 0 Å². The van der Waals surface area contributed by atoms with Gasteiger partial charge >= 0.3 is 5.97 Å². The van der Waals surface area contributed by atoms with E-state index in [0.29, 0.717) is 0 Å². The largest absolute Gasteiger partial charge is 0.480 e. The smallest absolute Gasteiger partial charge is 0.322 e. The lowest BCUT2D eigenvalue weighted by Crippen LogP contribution is -2.40. The summed E-state index contributed by atoms with van der Waals surface area (Å²) >= 11 is 0. The van der Waals surface area contributed by atoms with Crippen LogP contribution in [0.25, 0.3) is 0 Å². The Labute approximate surface area is 153 Å². The molecule has 1 fully saturated rings. The summed E-state index contributed by atoms with van der Waals surface area (Å²) in [5.74, 6) is -0.773. The van der Waals surface area contributed by atoms with E-state index in [1.807, 2.05) is 61.5 Å². The Balaban J connectivity index is 2.04. The van der Waals surface area contributed by atoms with Crippen molar-refractivity contribution in [3.05, 3.63) is 108 Å². The van der Waals surface area contributed by atoms with Crippen molar-refractivity contribution in [3.63, 3.8) is 0 Å². The van der Waals surface area contributed by atoms with Crippen molar-refractivity contribution in [3.8, 4) is 0 Å². The van der Waals surface area contributed by atoms with Crippen LogP contribution in [0, 0.1) is 0 Å². The van der Waals surface area contributed by atoms with Gasteiger partial charge in [-0.05, 0) is 23.6 Å². The van der Waals surface area contributed by atoms with Crippen LogP contribution in [-0.4, -0.2) is 28.1 Å². The number of hydrogen-bond acceptors (Lipinski definition) is 2. The molecule has 1 aliphatic heterocycles. The van der Waals surface area contributed by atoms with Crippen LogP contribution in [0.2, 0.25) is 0 Å². The molecule has 0 aromatic heterocycles. The summed E-state index contributed by atoms with van der Waals surface area (Å²) in [6.07, 6.45) is 0. The molecule has 3 aromatic rings. The van der Waals surface area contributed by atoms with Gasteiger partial charge in [-0.15, -0.1) is 0 Å². The minimum Gasteiger partial charge on any atom is -0.480 e. The number of carbonyl (C=O) groups is 1. The van der Waals surface area contributed by atoms with Gasteiger partial charge in [-0.1, -0.05) is 91.0 Å². The Morgan fingerprint density at radius 3 is 1.38 bits per heavy atom. The van der Waals surface area contributed by atoms with E-state index in [9.17, 15) is 9.90 Å². The second-order valence-electron chi connectivity index (χ2n) is 6.74. The molecule has 0 radical (unpaired) electrons. The lowest BCUT2D eigenvalue weighted by Gasteiger charge is -2.38. The number of benzene rings is 3. The van der Waals surface area contributed by atoms with Gasteiger partial charge in [0.15, 0.2) is 0 Å². The van der Waals surface area contributed by atoms with E-state index in [1.165, 1.54) is 0 Å². The first-order chi connectivity index (χ1) is 12.7. The Bertz CT molecular complexity index is 797. The Kier molecular flexibility index (Phi) is 4.09. The van der Waals surface area contributed by atoms with Gasteiger partial charge in [0.2, 0.25) is 0 Å². The maximum absolute atomic E-state index is 11.9. The van der Waals surface area contributed by atoms with Gasteiger partial charge in [0.05, 0.1) is 5.54 Å². The third-order valence-electron chi connectivity index (χ3n) is 5.32. The average Bonchev–Trinajstić information content (AvgIpc) is 3.37. The van der Waals surface area contributed by atoms with Crippen molar-refractivity contribution < 1.29 is 9.90 Å².